The van der Waals surface area contributed by atoms with Crippen molar-refractivity contribution < 1.29 is 4.39 Å². The maximum atomic E-state index is 12.8. The Balaban J connectivity index is 3.21. The number of benzene rings is 1. The maximum Gasteiger partial charge on any atom is 0.149 e. The third-order valence-corrected chi connectivity index (χ3v) is 1.68. The minimum Gasteiger partial charge on any atom is -0.395 e. The topological polar surface area (TPSA) is 38.0 Å². The van der Waals surface area contributed by atoms with Crippen LogP contribution in [0.5, 0.6) is 0 Å². The quantitative estimate of drug-likeness (QED) is 0.640. The summed E-state index contributed by atoms with van der Waals surface area (Å²) < 4.78 is 12.8. The summed E-state index contributed by atoms with van der Waals surface area (Å²) in [5, 5.41) is 2.99. The zero-order valence-electron chi connectivity index (χ0n) is 5.99. The molecular weight excluding hydrogens is 167 g/mol. The van der Waals surface area contributed by atoms with Crippen LogP contribution >= 0.6 is 11.6 Å². The second kappa shape index (κ2) is 2.96. The Labute approximate surface area is 69.2 Å². The summed E-state index contributed by atoms with van der Waals surface area (Å²) in [4.78, 5) is 0. The van der Waals surface area contributed by atoms with Crippen LogP contribution in [0.25, 0.3) is 0 Å². The summed E-state index contributed by atoms with van der Waals surface area (Å²) in [6, 6.07) is 2.86. The van der Waals surface area contributed by atoms with Crippen LogP contribution in [0.3, 0.4) is 0 Å². The number of nitrogens with one attached hydrogen (secondary N) is 1. The Hall–Kier alpha value is -0.960. The molecule has 0 amide bonds. The molecule has 2 nitrogen and oxygen atoms in total. The zero-order chi connectivity index (χ0) is 8.43. The average Bonchev–Trinajstić information content (AvgIpc) is 1.99. The van der Waals surface area contributed by atoms with Crippen LogP contribution in [0.4, 0.5) is 15.8 Å². The Kier molecular flexibility index (Phi) is 2.19. The smallest absolute Gasteiger partial charge is 0.149 e. The summed E-state index contributed by atoms with van der Waals surface area (Å²) in [7, 11) is 1.68. The summed E-state index contributed by atoms with van der Waals surface area (Å²) in [5.74, 6) is -0.498. The van der Waals surface area contributed by atoms with Crippen LogP contribution in [0.2, 0.25) is 5.02 Å². The molecule has 0 aliphatic rings. The van der Waals surface area contributed by atoms with E-state index in [0.29, 0.717) is 5.69 Å². The standard InChI is InChI=1S/C7H8ClFN2/c1-11-4-2-5(8)7(10)6(9)3-4/h2-3,11H,10H2,1H3. The first kappa shape index (κ1) is 8.14. The second-order valence-corrected chi connectivity index (χ2v) is 2.51. The van der Waals surface area contributed by atoms with Gasteiger partial charge in [0.25, 0.3) is 0 Å². The highest BCUT2D eigenvalue weighted by atomic mass is 35.5. The second-order valence-electron chi connectivity index (χ2n) is 2.10. The van der Waals surface area contributed by atoms with Gasteiger partial charge in [0.1, 0.15) is 5.82 Å². The molecule has 0 saturated heterocycles. The van der Waals surface area contributed by atoms with Gasteiger partial charge >= 0.3 is 0 Å². The molecule has 0 aliphatic heterocycles. The van der Waals surface area contributed by atoms with Crippen LogP contribution < -0.4 is 11.1 Å². The van der Waals surface area contributed by atoms with Crippen molar-refractivity contribution in [1.82, 2.24) is 0 Å². The van der Waals surface area contributed by atoms with Gasteiger partial charge in [0.05, 0.1) is 10.7 Å². The lowest BCUT2D eigenvalue weighted by atomic mass is 10.3. The van der Waals surface area contributed by atoms with E-state index >= 15 is 0 Å². The van der Waals surface area contributed by atoms with Gasteiger partial charge in [0.2, 0.25) is 0 Å². The highest BCUT2D eigenvalue weighted by Gasteiger charge is 2.04. The lowest BCUT2D eigenvalue weighted by Crippen LogP contribution is -1.95. The van der Waals surface area contributed by atoms with Crippen LogP contribution in [-0.4, -0.2) is 7.05 Å². The van der Waals surface area contributed by atoms with Gasteiger partial charge in [-0.2, -0.15) is 0 Å². The van der Waals surface area contributed by atoms with Crippen molar-refractivity contribution in [3.05, 3.63) is 23.0 Å². The molecule has 0 aromatic heterocycles. The SMILES string of the molecule is CNc1cc(F)c(N)c(Cl)c1. The molecule has 4 heteroatoms. The van der Waals surface area contributed by atoms with E-state index in [1.54, 1.807) is 13.1 Å². The number of halogens is 2. The first-order valence-electron chi connectivity index (χ1n) is 3.07. The van der Waals surface area contributed by atoms with Crippen LogP contribution in [0.15, 0.2) is 12.1 Å². The van der Waals surface area contributed by atoms with E-state index in [1.165, 1.54) is 6.07 Å². The zero-order valence-corrected chi connectivity index (χ0v) is 6.74. The van der Waals surface area contributed by atoms with Crippen molar-refractivity contribution in [1.29, 1.82) is 0 Å². The summed E-state index contributed by atoms with van der Waals surface area (Å²) in [6.45, 7) is 0. The Bertz CT molecular complexity index is 252. The minimum absolute atomic E-state index is 0.00864. The van der Waals surface area contributed by atoms with Gasteiger partial charge in [-0.25, -0.2) is 4.39 Å². The maximum absolute atomic E-state index is 12.8. The van der Waals surface area contributed by atoms with Crippen LogP contribution in [-0.2, 0) is 0 Å². The minimum atomic E-state index is -0.498. The number of hydrogen-bond donors (Lipinski definition) is 2. The molecule has 0 radical (unpaired) electrons. The molecule has 11 heavy (non-hydrogen) atoms. The first-order chi connectivity index (χ1) is 5.15. The molecule has 0 spiro atoms. The summed E-state index contributed by atoms with van der Waals surface area (Å²) in [6.07, 6.45) is 0. The normalized spacial score (nSPS) is 9.73. The number of hydrogen-bond acceptors (Lipinski definition) is 2. The van der Waals surface area contributed by atoms with E-state index in [2.05, 4.69) is 5.32 Å². The van der Waals surface area contributed by atoms with Gasteiger partial charge in [-0.05, 0) is 12.1 Å². The fourth-order valence-electron chi connectivity index (χ4n) is 0.729. The van der Waals surface area contributed by atoms with E-state index in [9.17, 15) is 4.39 Å². The van der Waals surface area contributed by atoms with Crippen molar-refractivity contribution >= 4 is 23.0 Å². The van der Waals surface area contributed by atoms with Crippen molar-refractivity contribution in [3.63, 3.8) is 0 Å². The van der Waals surface area contributed by atoms with Crippen molar-refractivity contribution in [2.45, 2.75) is 0 Å². The van der Waals surface area contributed by atoms with E-state index < -0.39 is 5.82 Å². The molecule has 1 aromatic carbocycles. The number of anilines is 2. The Morgan fingerprint density at radius 2 is 2.18 bits per heavy atom. The number of rotatable bonds is 1. The van der Waals surface area contributed by atoms with Gasteiger partial charge in [0, 0.05) is 12.7 Å². The summed E-state index contributed by atoms with van der Waals surface area (Å²) >= 11 is 5.59. The largest absolute Gasteiger partial charge is 0.395 e. The molecule has 3 N–H and O–H groups in total. The van der Waals surface area contributed by atoms with Crippen LogP contribution in [0.1, 0.15) is 0 Å². The molecular formula is C7H8ClFN2. The van der Waals surface area contributed by atoms with Gasteiger partial charge in [-0.1, -0.05) is 11.6 Å². The Morgan fingerprint density at radius 3 is 2.64 bits per heavy atom. The highest BCUT2D eigenvalue weighted by Crippen LogP contribution is 2.25. The molecule has 0 unspecified atom stereocenters. The average molecular weight is 175 g/mol. The lowest BCUT2D eigenvalue weighted by Gasteiger charge is -2.03. The molecule has 60 valence electrons. The van der Waals surface area contributed by atoms with Crippen LogP contribution in [0, 0.1) is 5.82 Å². The van der Waals surface area contributed by atoms with Gasteiger partial charge < -0.3 is 11.1 Å². The third kappa shape index (κ3) is 1.54. The molecule has 0 fully saturated rings. The number of nitrogen functional groups attached to an aromatic ring is 1. The number of nitrogens with two attached hydrogens (primary N) is 1. The van der Waals surface area contributed by atoms with E-state index in [1.807, 2.05) is 0 Å². The third-order valence-electron chi connectivity index (χ3n) is 1.37. The highest BCUT2D eigenvalue weighted by molar-refractivity contribution is 6.33. The van der Waals surface area contributed by atoms with Gasteiger partial charge in [0.15, 0.2) is 0 Å². The van der Waals surface area contributed by atoms with E-state index in [4.69, 9.17) is 17.3 Å². The van der Waals surface area contributed by atoms with Gasteiger partial charge in [-0.3, -0.25) is 0 Å². The summed E-state index contributed by atoms with van der Waals surface area (Å²) in [5.41, 5.74) is 5.87. The molecule has 0 aliphatic carbocycles. The Morgan fingerprint density at radius 1 is 1.55 bits per heavy atom. The predicted molar refractivity (Wildman–Crippen MR) is 45.4 cm³/mol. The molecule has 0 heterocycles. The first-order valence-corrected chi connectivity index (χ1v) is 3.45. The van der Waals surface area contributed by atoms with Crippen molar-refractivity contribution in [2.75, 3.05) is 18.1 Å². The lowest BCUT2D eigenvalue weighted by molar-refractivity contribution is 0.633. The fourth-order valence-corrected chi connectivity index (χ4v) is 0.936. The molecule has 0 bridgehead atoms. The monoisotopic (exact) mass is 174 g/mol. The van der Waals surface area contributed by atoms with E-state index in [-0.39, 0.29) is 10.7 Å². The van der Waals surface area contributed by atoms with E-state index in [0.717, 1.165) is 0 Å². The molecule has 1 rings (SSSR count). The molecule has 1 aromatic rings. The fraction of sp³-hybridized carbons (Fsp3) is 0.143. The molecule has 0 saturated carbocycles. The van der Waals surface area contributed by atoms with Crippen molar-refractivity contribution in [3.8, 4) is 0 Å². The van der Waals surface area contributed by atoms with Crippen molar-refractivity contribution in [2.24, 2.45) is 0 Å². The molecule has 0 atom stereocenters. The predicted octanol–water partition coefficient (Wildman–Crippen LogP) is 2.10. The van der Waals surface area contributed by atoms with Gasteiger partial charge in [-0.15, -0.1) is 0 Å².